The molecule has 3 heteroatoms. The number of hydrogen-bond acceptors (Lipinski definition) is 3. The molecule has 1 fully saturated rings. The van der Waals surface area contributed by atoms with E-state index in [-0.39, 0.29) is 0 Å². The summed E-state index contributed by atoms with van der Waals surface area (Å²) in [7, 11) is 0. The van der Waals surface area contributed by atoms with Gasteiger partial charge in [0.25, 0.3) is 0 Å². The fraction of sp³-hybridized carbons (Fsp3) is 0.750. The lowest BCUT2D eigenvalue weighted by Crippen LogP contribution is -2.21. The first-order valence-corrected chi connectivity index (χ1v) is 7.68. The monoisotopic (exact) mass is 261 g/mol. The van der Waals surface area contributed by atoms with Gasteiger partial charge in [-0.3, -0.25) is 0 Å². The third kappa shape index (κ3) is 3.53. The zero-order chi connectivity index (χ0) is 13.8. The summed E-state index contributed by atoms with van der Waals surface area (Å²) < 4.78 is 0. The maximum absolute atomic E-state index is 4.77. The molecule has 0 aliphatic heterocycles. The van der Waals surface area contributed by atoms with Crippen molar-refractivity contribution in [3.63, 3.8) is 0 Å². The predicted octanol–water partition coefficient (Wildman–Crippen LogP) is 3.75. The van der Waals surface area contributed by atoms with E-state index in [1.54, 1.807) is 0 Å². The molecule has 1 heterocycles. The fourth-order valence-corrected chi connectivity index (χ4v) is 3.03. The van der Waals surface area contributed by atoms with E-state index in [0.717, 1.165) is 30.4 Å². The first-order chi connectivity index (χ1) is 9.11. The Morgan fingerprint density at radius 2 is 2.21 bits per heavy atom. The Morgan fingerprint density at radius 3 is 2.79 bits per heavy atom. The van der Waals surface area contributed by atoms with Crippen molar-refractivity contribution in [2.75, 3.05) is 6.54 Å². The van der Waals surface area contributed by atoms with Gasteiger partial charge in [-0.05, 0) is 52.0 Å². The van der Waals surface area contributed by atoms with Gasteiger partial charge in [0.05, 0.1) is 0 Å². The van der Waals surface area contributed by atoms with E-state index in [1.165, 1.54) is 24.8 Å². The first-order valence-electron chi connectivity index (χ1n) is 7.68. The van der Waals surface area contributed by atoms with Gasteiger partial charge in [0, 0.05) is 29.4 Å². The van der Waals surface area contributed by atoms with Gasteiger partial charge in [-0.2, -0.15) is 0 Å². The normalized spacial score (nSPS) is 24.6. The van der Waals surface area contributed by atoms with Gasteiger partial charge in [-0.1, -0.05) is 13.8 Å². The maximum atomic E-state index is 4.77. The standard InChI is InChI=1S/C16H27N3/c1-5-8-17-12(3)15-10-18-16(19-13(15)4)14-7-6-11(2)9-14/h10-12,14,17H,5-9H2,1-4H3. The Kier molecular flexibility index (Phi) is 4.92. The minimum atomic E-state index is 0.344. The molecule has 0 saturated heterocycles. The molecular formula is C16H27N3. The molecule has 0 spiro atoms. The predicted molar refractivity (Wildman–Crippen MR) is 79.2 cm³/mol. The summed E-state index contributed by atoms with van der Waals surface area (Å²) in [6.45, 7) is 9.87. The van der Waals surface area contributed by atoms with Crippen LogP contribution in [0.3, 0.4) is 0 Å². The molecule has 0 aromatic carbocycles. The van der Waals surface area contributed by atoms with Crippen molar-refractivity contribution in [2.45, 2.75) is 65.3 Å². The molecule has 1 aliphatic rings. The highest BCUT2D eigenvalue weighted by atomic mass is 14.9. The van der Waals surface area contributed by atoms with Crippen molar-refractivity contribution in [3.8, 4) is 0 Å². The van der Waals surface area contributed by atoms with Crippen LogP contribution in [0.25, 0.3) is 0 Å². The summed E-state index contributed by atoms with van der Waals surface area (Å²) >= 11 is 0. The Bertz CT molecular complexity index is 416. The molecule has 3 nitrogen and oxygen atoms in total. The summed E-state index contributed by atoms with van der Waals surface area (Å²) in [6.07, 6.45) is 7.02. The average molecular weight is 261 g/mol. The summed E-state index contributed by atoms with van der Waals surface area (Å²) in [5, 5.41) is 3.51. The van der Waals surface area contributed by atoms with Crippen molar-refractivity contribution in [3.05, 3.63) is 23.3 Å². The molecule has 1 N–H and O–H groups in total. The first kappa shape index (κ1) is 14.4. The van der Waals surface area contributed by atoms with Crippen LogP contribution in [0.4, 0.5) is 0 Å². The van der Waals surface area contributed by atoms with Gasteiger partial charge in [-0.15, -0.1) is 0 Å². The minimum absolute atomic E-state index is 0.344. The third-order valence-electron chi connectivity index (χ3n) is 4.26. The summed E-state index contributed by atoms with van der Waals surface area (Å²) in [4.78, 5) is 9.40. The van der Waals surface area contributed by atoms with E-state index in [4.69, 9.17) is 4.98 Å². The lowest BCUT2D eigenvalue weighted by Gasteiger charge is -2.17. The number of aryl methyl sites for hydroxylation is 1. The SMILES string of the molecule is CCCNC(C)c1cnc(C2CCC(C)C2)nc1C. The van der Waals surface area contributed by atoms with Crippen LogP contribution in [0, 0.1) is 12.8 Å². The van der Waals surface area contributed by atoms with Crippen molar-refractivity contribution < 1.29 is 0 Å². The molecule has 1 saturated carbocycles. The minimum Gasteiger partial charge on any atom is -0.310 e. The molecule has 19 heavy (non-hydrogen) atoms. The Labute approximate surface area is 117 Å². The largest absolute Gasteiger partial charge is 0.310 e. The molecule has 1 aromatic rings. The highest BCUT2D eigenvalue weighted by Gasteiger charge is 2.25. The van der Waals surface area contributed by atoms with Crippen molar-refractivity contribution in [2.24, 2.45) is 5.92 Å². The number of rotatable bonds is 5. The second-order valence-electron chi connectivity index (χ2n) is 6.06. The van der Waals surface area contributed by atoms with Crippen LogP contribution < -0.4 is 5.32 Å². The molecule has 0 bridgehead atoms. The molecule has 3 atom stereocenters. The van der Waals surface area contributed by atoms with Crippen LogP contribution in [-0.2, 0) is 0 Å². The zero-order valence-electron chi connectivity index (χ0n) is 12.7. The number of nitrogens with zero attached hydrogens (tertiary/aromatic N) is 2. The summed E-state index contributed by atoms with van der Waals surface area (Å²) in [6, 6.07) is 0.344. The molecule has 0 amide bonds. The lowest BCUT2D eigenvalue weighted by molar-refractivity contribution is 0.556. The van der Waals surface area contributed by atoms with Gasteiger partial charge >= 0.3 is 0 Å². The molecule has 3 unspecified atom stereocenters. The molecule has 106 valence electrons. The number of aromatic nitrogens is 2. The second-order valence-corrected chi connectivity index (χ2v) is 6.06. The van der Waals surface area contributed by atoms with E-state index in [2.05, 4.69) is 38.0 Å². The summed E-state index contributed by atoms with van der Waals surface area (Å²) in [5.74, 6) is 2.48. The highest BCUT2D eigenvalue weighted by Crippen LogP contribution is 2.36. The van der Waals surface area contributed by atoms with Gasteiger partial charge in [0.2, 0.25) is 0 Å². The molecule has 2 rings (SSSR count). The lowest BCUT2D eigenvalue weighted by atomic mass is 10.0. The van der Waals surface area contributed by atoms with Crippen LogP contribution in [0.1, 0.15) is 75.5 Å². The van der Waals surface area contributed by atoms with Crippen molar-refractivity contribution in [1.82, 2.24) is 15.3 Å². The Morgan fingerprint density at radius 1 is 1.42 bits per heavy atom. The highest BCUT2D eigenvalue weighted by molar-refractivity contribution is 5.21. The average Bonchev–Trinajstić information content (AvgIpc) is 2.82. The molecule has 1 aromatic heterocycles. The Hall–Kier alpha value is -0.960. The maximum Gasteiger partial charge on any atom is 0.131 e. The topological polar surface area (TPSA) is 37.8 Å². The van der Waals surface area contributed by atoms with Crippen LogP contribution in [0.5, 0.6) is 0 Å². The quantitative estimate of drug-likeness (QED) is 0.877. The molecule has 0 radical (unpaired) electrons. The fourth-order valence-electron chi connectivity index (χ4n) is 3.03. The molecular weight excluding hydrogens is 234 g/mol. The Balaban J connectivity index is 2.08. The van der Waals surface area contributed by atoms with E-state index in [9.17, 15) is 0 Å². The van der Waals surface area contributed by atoms with Crippen molar-refractivity contribution >= 4 is 0 Å². The van der Waals surface area contributed by atoms with E-state index >= 15 is 0 Å². The van der Waals surface area contributed by atoms with Crippen LogP contribution >= 0.6 is 0 Å². The van der Waals surface area contributed by atoms with Crippen LogP contribution in [0.15, 0.2) is 6.20 Å². The van der Waals surface area contributed by atoms with E-state index < -0.39 is 0 Å². The number of hydrogen-bond donors (Lipinski definition) is 1. The van der Waals surface area contributed by atoms with E-state index in [1.807, 2.05) is 6.20 Å². The smallest absolute Gasteiger partial charge is 0.131 e. The van der Waals surface area contributed by atoms with Crippen LogP contribution in [0.2, 0.25) is 0 Å². The van der Waals surface area contributed by atoms with Crippen LogP contribution in [-0.4, -0.2) is 16.5 Å². The van der Waals surface area contributed by atoms with Gasteiger partial charge in [0.1, 0.15) is 5.82 Å². The van der Waals surface area contributed by atoms with Gasteiger partial charge in [0.15, 0.2) is 0 Å². The van der Waals surface area contributed by atoms with Gasteiger partial charge < -0.3 is 5.32 Å². The van der Waals surface area contributed by atoms with Crippen molar-refractivity contribution in [1.29, 1.82) is 0 Å². The van der Waals surface area contributed by atoms with E-state index in [0.29, 0.717) is 12.0 Å². The van der Waals surface area contributed by atoms with Gasteiger partial charge in [-0.25, -0.2) is 9.97 Å². The zero-order valence-corrected chi connectivity index (χ0v) is 12.7. The summed E-state index contributed by atoms with van der Waals surface area (Å²) in [5.41, 5.74) is 2.38. The second kappa shape index (κ2) is 6.47. The third-order valence-corrected chi connectivity index (χ3v) is 4.26. The molecule has 1 aliphatic carbocycles. The number of nitrogens with one attached hydrogen (secondary N) is 1.